The lowest BCUT2D eigenvalue weighted by molar-refractivity contribution is -0.132. The van der Waals surface area contributed by atoms with Crippen molar-refractivity contribution in [1.29, 1.82) is 0 Å². The first kappa shape index (κ1) is 15.8. The molecule has 1 rings (SSSR count). The van der Waals surface area contributed by atoms with Crippen molar-refractivity contribution in [3.05, 3.63) is 41.1 Å². The number of benzene rings is 1. The normalized spacial score (nSPS) is 12.1. The molecule has 0 radical (unpaired) electrons. The first-order valence-electron chi connectivity index (χ1n) is 5.83. The SMILES string of the molecule is CC(=COCCN=C(N)Nc1ccc(Cl)cc1)C(=O)O. The molecule has 0 aromatic heterocycles. The topological polar surface area (TPSA) is 96.9 Å². The lowest BCUT2D eigenvalue weighted by Crippen LogP contribution is -2.23. The van der Waals surface area contributed by atoms with Crippen molar-refractivity contribution in [2.75, 3.05) is 18.5 Å². The molecule has 1 aromatic carbocycles. The quantitative estimate of drug-likeness (QED) is 0.245. The summed E-state index contributed by atoms with van der Waals surface area (Å²) >= 11 is 5.76. The van der Waals surface area contributed by atoms with E-state index < -0.39 is 5.97 Å². The van der Waals surface area contributed by atoms with Gasteiger partial charge in [-0.1, -0.05) is 11.6 Å². The van der Waals surface area contributed by atoms with Crippen molar-refractivity contribution >= 4 is 29.2 Å². The van der Waals surface area contributed by atoms with E-state index >= 15 is 0 Å². The minimum absolute atomic E-state index is 0.126. The van der Waals surface area contributed by atoms with E-state index in [1.807, 2.05) is 0 Å². The van der Waals surface area contributed by atoms with Crippen LogP contribution in [-0.4, -0.2) is 30.2 Å². The summed E-state index contributed by atoms with van der Waals surface area (Å²) in [6.45, 7) is 2.01. The van der Waals surface area contributed by atoms with Crippen molar-refractivity contribution in [2.45, 2.75) is 6.92 Å². The van der Waals surface area contributed by atoms with Gasteiger partial charge in [0.25, 0.3) is 0 Å². The fourth-order valence-corrected chi connectivity index (χ4v) is 1.30. The maximum atomic E-state index is 10.5. The Morgan fingerprint density at radius 1 is 1.50 bits per heavy atom. The van der Waals surface area contributed by atoms with Gasteiger partial charge in [0.05, 0.1) is 18.4 Å². The summed E-state index contributed by atoms with van der Waals surface area (Å²) in [4.78, 5) is 14.5. The highest BCUT2D eigenvalue weighted by molar-refractivity contribution is 6.30. The number of rotatable bonds is 6. The summed E-state index contributed by atoms with van der Waals surface area (Å²) in [6.07, 6.45) is 1.18. The molecule has 4 N–H and O–H groups in total. The summed E-state index contributed by atoms with van der Waals surface area (Å²) in [6, 6.07) is 7.03. The zero-order chi connectivity index (χ0) is 15.0. The Bertz CT molecular complexity index is 512. The van der Waals surface area contributed by atoms with Crippen LogP contribution in [0.15, 0.2) is 41.1 Å². The molecule has 0 bridgehead atoms. The molecule has 0 aliphatic carbocycles. The maximum absolute atomic E-state index is 10.5. The summed E-state index contributed by atoms with van der Waals surface area (Å²) in [7, 11) is 0. The van der Waals surface area contributed by atoms with Gasteiger partial charge in [-0.3, -0.25) is 0 Å². The van der Waals surface area contributed by atoms with Gasteiger partial charge in [-0.05, 0) is 31.2 Å². The van der Waals surface area contributed by atoms with Gasteiger partial charge >= 0.3 is 5.97 Å². The number of ether oxygens (including phenoxy) is 1. The molecule has 0 saturated carbocycles. The Balaban J connectivity index is 2.33. The van der Waals surface area contributed by atoms with Crippen LogP contribution >= 0.6 is 11.6 Å². The van der Waals surface area contributed by atoms with Gasteiger partial charge in [0, 0.05) is 10.7 Å². The summed E-state index contributed by atoms with van der Waals surface area (Å²) in [5.41, 5.74) is 6.58. The van der Waals surface area contributed by atoms with E-state index in [0.29, 0.717) is 11.6 Å². The number of hydrogen-bond acceptors (Lipinski definition) is 3. The third-order valence-corrected chi connectivity index (χ3v) is 2.46. The molecule has 6 nitrogen and oxygen atoms in total. The number of carboxylic acids is 1. The van der Waals surface area contributed by atoms with E-state index in [2.05, 4.69) is 10.3 Å². The zero-order valence-corrected chi connectivity index (χ0v) is 11.7. The van der Waals surface area contributed by atoms with Crippen molar-refractivity contribution < 1.29 is 14.6 Å². The molecule has 0 aliphatic rings. The predicted octanol–water partition coefficient (Wildman–Crippen LogP) is 2.07. The first-order chi connectivity index (χ1) is 9.49. The average Bonchev–Trinajstić information content (AvgIpc) is 2.40. The van der Waals surface area contributed by atoms with Gasteiger partial charge in [-0.15, -0.1) is 0 Å². The van der Waals surface area contributed by atoms with E-state index in [9.17, 15) is 4.79 Å². The van der Waals surface area contributed by atoms with Crippen LogP contribution in [0.3, 0.4) is 0 Å². The van der Waals surface area contributed by atoms with E-state index in [1.165, 1.54) is 13.2 Å². The fraction of sp³-hybridized carbons (Fsp3) is 0.231. The number of nitrogens with zero attached hydrogens (tertiary/aromatic N) is 1. The minimum Gasteiger partial charge on any atom is -0.499 e. The summed E-state index contributed by atoms with van der Waals surface area (Å²) in [5.74, 6) is -0.771. The minimum atomic E-state index is -1.02. The number of nitrogens with two attached hydrogens (primary N) is 1. The molecular weight excluding hydrogens is 282 g/mol. The molecule has 0 amide bonds. The number of carbonyl (C=O) groups is 1. The highest BCUT2D eigenvalue weighted by Crippen LogP contribution is 2.12. The van der Waals surface area contributed by atoms with Crippen LogP contribution < -0.4 is 11.1 Å². The van der Waals surface area contributed by atoms with Crippen LogP contribution in [0.1, 0.15) is 6.92 Å². The van der Waals surface area contributed by atoms with Gasteiger partial charge in [0.15, 0.2) is 5.96 Å². The third-order valence-electron chi connectivity index (χ3n) is 2.21. The monoisotopic (exact) mass is 297 g/mol. The van der Waals surface area contributed by atoms with E-state index in [-0.39, 0.29) is 18.1 Å². The molecule has 0 spiro atoms. The Kier molecular flexibility index (Phi) is 6.39. The molecule has 0 atom stereocenters. The van der Waals surface area contributed by atoms with Crippen molar-refractivity contribution in [3.8, 4) is 0 Å². The number of aliphatic carboxylic acids is 1. The van der Waals surface area contributed by atoms with Crippen LogP contribution in [0, 0.1) is 0 Å². The predicted molar refractivity (Wildman–Crippen MR) is 78.9 cm³/mol. The Hall–Kier alpha value is -2.21. The number of nitrogens with one attached hydrogen (secondary N) is 1. The smallest absolute Gasteiger partial charge is 0.334 e. The van der Waals surface area contributed by atoms with Crippen molar-refractivity contribution in [3.63, 3.8) is 0 Å². The van der Waals surface area contributed by atoms with Gasteiger partial charge < -0.3 is 20.9 Å². The largest absolute Gasteiger partial charge is 0.499 e. The van der Waals surface area contributed by atoms with Crippen LogP contribution in [-0.2, 0) is 9.53 Å². The summed E-state index contributed by atoms with van der Waals surface area (Å²) < 4.78 is 5.02. The third kappa shape index (κ3) is 6.10. The maximum Gasteiger partial charge on any atom is 0.334 e. The molecule has 0 unspecified atom stereocenters. The number of aliphatic imine (C=N–C) groups is 1. The second kappa shape index (κ2) is 8.06. The first-order valence-corrected chi connectivity index (χ1v) is 6.21. The number of guanidine groups is 1. The average molecular weight is 298 g/mol. The van der Waals surface area contributed by atoms with Crippen LogP contribution in [0.2, 0.25) is 5.02 Å². The van der Waals surface area contributed by atoms with Gasteiger partial charge in [0.1, 0.15) is 6.61 Å². The highest BCUT2D eigenvalue weighted by Gasteiger charge is 1.99. The molecule has 0 fully saturated rings. The lowest BCUT2D eigenvalue weighted by Gasteiger charge is -2.05. The van der Waals surface area contributed by atoms with Crippen LogP contribution in [0.5, 0.6) is 0 Å². The Morgan fingerprint density at radius 2 is 2.15 bits per heavy atom. The number of hydrogen-bond donors (Lipinski definition) is 3. The molecule has 0 saturated heterocycles. The van der Waals surface area contributed by atoms with Crippen molar-refractivity contribution in [1.82, 2.24) is 0 Å². The number of anilines is 1. The highest BCUT2D eigenvalue weighted by atomic mass is 35.5. The van der Waals surface area contributed by atoms with E-state index in [4.69, 9.17) is 27.2 Å². The molecule has 7 heteroatoms. The standard InChI is InChI=1S/C13H16ClN3O3/c1-9(12(18)19)8-20-7-6-16-13(15)17-11-4-2-10(14)3-5-11/h2-5,8H,6-7H2,1H3,(H,18,19)(H3,15,16,17). The molecule has 0 aliphatic heterocycles. The van der Waals surface area contributed by atoms with Gasteiger partial charge in [0.2, 0.25) is 0 Å². The number of carboxylic acid groups (broad SMARTS) is 1. The van der Waals surface area contributed by atoms with Gasteiger partial charge in [-0.2, -0.15) is 0 Å². The second-order valence-electron chi connectivity index (χ2n) is 3.88. The van der Waals surface area contributed by atoms with Gasteiger partial charge in [-0.25, -0.2) is 9.79 Å². The number of halogens is 1. The van der Waals surface area contributed by atoms with E-state index in [0.717, 1.165) is 5.69 Å². The molecular formula is C13H16ClN3O3. The van der Waals surface area contributed by atoms with Crippen LogP contribution in [0.25, 0.3) is 0 Å². The fourth-order valence-electron chi connectivity index (χ4n) is 1.17. The Labute approximate surface area is 121 Å². The molecule has 108 valence electrons. The Morgan fingerprint density at radius 3 is 2.75 bits per heavy atom. The molecule has 20 heavy (non-hydrogen) atoms. The second-order valence-corrected chi connectivity index (χ2v) is 4.31. The molecule has 1 aromatic rings. The molecule has 0 heterocycles. The lowest BCUT2D eigenvalue weighted by atomic mass is 10.3. The van der Waals surface area contributed by atoms with Crippen LogP contribution in [0.4, 0.5) is 5.69 Å². The van der Waals surface area contributed by atoms with Crippen molar-refractivity contribution in [2.24, 2.45) is 10.7 Å². The summed E-state index contributed by atoms with van der Waals surface area (Å²) in [5, 5.41) is 12.1. The van der Waals surface area contributed by atoms with E-state index in [1.54, 1.807) is 24.3 Å². The zero-order valence-electron chi connectivity index (χ0n) is 11.0.